The van der Waals surface area contributed by atoms with Crippen molar-refractivity contribution in [2.75, 3.05) is 13.1 Å². The summed E-state index contributed by atoms with van der Waals surface area (Å²) in [6.07, 6.45) is 6.11. The third kappa shape index (κ3) is 3.52. The van der Waals surface area contributed by atoms with E-state index in [1.165, 1.54) is 12.8 Å². The Morgan fingerprint density at radius 1 is 1.38 bits per heavy atom. The van der Waals surface area contributed by atoms with Gasteiger partial charge in [-0.15, -0.1) is 0 Å². The van der Waals surface area contributed by atoms with E-state index in [0.717, 1.165) is 31.0 Å². The molecule has 1 N–H and O–H groups in total. The summed E-state index contributed by atoms with van der Waals surface area (Å²) in [6.45, 7) is 3.47. The van der Waals surface area contributed by atoms with Crippen LogP contribution in [0, 0.1) is 0 Å². The zero-order chi connectivity index (χ0) is 14.7. The highest BCUT2D eigenvalue weighted by Gasteiger charge is 2.16. The lowest BCUT2D eigenvalue weighted by atomic mass is 10.3. The fraction of sp³-hybridized carbons (Fsp3) is 0.467. The molecular formula is C15H20N4O2. The summed E-state index contributed by atoms with van der Waals surface area (Å²) >= 11 is 0. The minimum atomic E-state index is -0.188. The Morgan fingerprint density at radius 2 is 2.19 bits per heavy atom. The van der Waals surface area contributed by atoms with Crippen LogP contribution >= 0.6 is 0 Å². The maximum absolute atomic E-state index is 12.0. The van der Waals surface area contributed by atoms with Gasteiger partial charge in [-0.05, 0) is 38.1 Å². The Balaban J connectivity index is 1.53. The minimum Gasteiger partial charge on any atom is -0.455 e. The van der Waals surface area contributed by atoms with E-state index in [0.29, 0.717) is 12.3 Å². The van der Waals surface area contributed by atoms with Crippen molar-refractivity contribution in [3.63, 3.8) is 0 Å². The number of aryl methyl sites for hydroxylation is 1. The third-order valence-electron chi connectivity index (χ3n) is 3.67. The van der Waals surface area contributed by atoms with E-state index in [-0.39, 0.29) is 5.91 Å². The van der Waals surface area contributed by atoms with Crippen LogP contribution in [0.4, 0.5) is 0 Å². The molecule has 0 saturated carbocycles. The highest BCUT2D eigenvalue weighted by atomic mass is 16.4. The number of likely N-dealkylation sites (tertiary alicyclic amines) is 1. The lowest BCUT2D eigenvalue weighted by Crippen LogP contribution is -2.22. The van der Waals surface area contributed by atoms with E-state index >= 15 is 0 Å². The summed E-state index contributed by atoms with van der Waals surface area (Å²) < 4.78 is 7.34. The van der Waals surface area contributed by atoms with Gasteiger partial charge in [0.1, 0.15) is 5.76 Å². The molecule has 6 heteroatoms. The van der Waals surface area contributed by atoms with Crippen molar-refractivity contribution in [2.45, 2.75) is 25.9 Å². The number of hydrogen-bond acceptors (Lipinski definition) is 4. The van der Waals surface area contributed by atoms with Gasteiger partial charge in [0.25, 0.3) is 5.91 Å². The number of rotatable bonds is 5. The van der Waals surface area contributed by atoms with E-state index in [1.54, 1.807) is 16.9 Å². The second-order valence-corrected chi connectivity index (χ2v) is 5.45. The molecule has 1 aliphatic heterocycles. The molecule has 112 valence electrons. The average molecular weight is 288 g/mol. The molecule has 21 heavy (non-hydrogen) atoms. The van der Waals surface area contributed by atoms with Crippen LogP contribution in [0.25, 0.3) is 0 Å². The highest BCUT2D eigenvalue weighted by molar-refractivity contribution is 5.91. The molecule has 3 rings (SSSR count). The number of carbonyl (C=O) groups is 1. The van der Waals surface area contributed by atoms with Crippen molar-refractivity contribution < 1.29 is 9.21 Å². The minimum absolute atomic E-state index is 0.188. The lowest BCUT2D eigenvalue weighted by Gasteiger charge is -2.11. The van der Waals surface area contributed by atoms with Crippen LogP contribution in [-0.2, 0) is 20.1 Å². The smallest absolute Gasteiger partial charge is 0.287 e. The number of furan rings is 1. The molecule has 3 heterocycles. The number of aromatic nitrogens is 2. The van der Waals surface area contributed by atoms with E-state index < -0.39 is 0 Å². The molecule has 0 atom stereocenters. The highest BCUT2D eigenvalue weighted by Crippen LogP contribution is 2.15. The Bertz CT molecular complexity index is 611. The summed E-state index contributed by atoms with van der Waals surface area (Å²) in [5, 5.41) is 6.90. The van der Waals surface area contributed by atoms with Crippen molar-refractivity contribution in [1.29, 1.82) is 0 Å². The first-order valence-electron chi connectivity index (χ1n) is 7.27. The molecule has 2 aromatic heterocycles. The van der Waals surface area contributed by atoms with Crippen LogP contribution < -0.4 is 5.32 Å². The predicted octanol–water partition coefficient (Wildman–Crippen LogP) is 1.54. The number of nitrogens with zero attached hydrogens (tertiary/aromatic N) is 3. The molecule has 1 aliphatic rings. The number of nitrogens with one attached hydrogen (secondary N) is 1. The Hall–Kier alpha value is -2.08. The monoisotopic (exact) mass is 288 g/mol. The van der Waals surface area contributed by atoms with Crippen LogP contribution in [0.2, 0.25) is 0 Å². The van der Waals surface area contributed by atoms with Gasteiger partial charge in [0, 0.05) is 25.4 Å². The fourth-order valence-electron chi connectivity index (χ4n) is 2.58. The van der Waals surface area contributed by atoms with Gasteiger partial charge in [-0.2, -0.15) is 5.10 Å². The molecule has 0 spiro atoms. The largest absolute Gasteiger partial charge is 0.455 e. The van der Waals surface area contributed by atoms with Crippen LogP contribution in [-0.4, -0.2) is 33.7 Å². The lowest BCUT2D eigenvalue weighted by molar-refractivity contribution is 0.0919. The van der Waals surface area contributed by atoms with Crippen molar-refractivity contribution >= 4 is 5.91 Å². The van der Waals surface area contributed by atoms with Gasteiger partial charge in [0.2, 0.25) is 0 Å². The third-order valence-corrected chi connectivity index (χ3v) is 3.67. The summed E-state index contributed by atoms with van der Waals surface area (Å²) in [7, 11) is 1.85. The first-order valence-corrected chi connectivity index (χ1v) is 7.27. The van der Waals surface area contributed by atoms with Crippen molar-refractivity contribution in [2.24, 2.45) is 7.05 Å². The maximum atomic E-state index is 12.0. The summed E-state index contributed by atoms with van der Waals surface area (Å²) in [5.41, 5.74) is 0.967. The van der Waals surface area contributed by atoms with Crippen LogP contribution in [0.3, 0.4) is 0 Å². The number of hydrogen-bond donors (Lipinski definition) is 1. The van der Waals surface area contributed by atoms with Crippen molar-refractivity contribution in [1.82, 2.24) is 20.0 Å². The second kappa shape index (κ2) is 6.13. The SMILES string of the molecule is Cn1cc(CNC(=O)c2ccc(CN3CCCC3)o2)cn1. The van der Waals surface area contributed by atoms with E-state index in [1.807, 2.05) is 19.3 Å². The molecule has 0 aliphatic carbocycles. The van der Waals surface area contributed by atoms with Gasteiger partial charge >= 0.3 is 0 Å². The van der Waals surface area contributed by atoms with Crippen LogP contribution in [0.5, 0.6) is 0 Å². The molecule has 6 nitrogen and oxygen atoms in total. The van der Waals surface area contributed by atoms with E-state index in [9.17, 15) is 4.79 Å². The molecule has 1 saturated heterocycles. The van der Waals surface area contributed by atoms with Crippen LogP contribution in [0.15, 0.2) is 28.9 Å². The Kier molecular flexibility index (Phi) is 4.06. The quantitative estimate of drug-likeness (QED) is 0.906. The molecule has 0 radical (unpaired) electrons. The molecular weight excluding hydrogens is 268 g/mol. The van der Waals surface area contributed by atoms with Crippen LogP contribution in [0.1, 0.15) is 34.7 Å². The van der Waals surface area contributed by atoms with Gasteiger partial charge in [-0.3, -0.25) is 14.4 Å². The fourth-order valence-corrected chi connectivity index (χ4v) is 2.58. The molecule has 0 bridgehead atoms. The van der Waals surface area contributed by atoms with E-state index in [4.69, 9.17) is 4.42 Å². The molecule has 1 amide bonds. The Labute approximate surface area is 123 Å². The summed E-state index contributed by atoms with van der Waals surface area (Å²) in [6, 6.07) is 3.63. The van der Waals surface area contributed by atoms with Gasteiger partial charge in [0.05, 0.1) is 12.7 Å². The van der Waals surface area contributed by atoms with Gasteiger partial charge in [-0.25, -0.2) is 0 Å². The standard InChI is InChI=1S/C15H20N4O2/c1-18-10-12(9-17-18)8-16-15(20)14-5-4-13(21-14)11-19-6-2-3-7-19/h4-5,9-10H,2-3,6-8,11H2,1H3,(H,16,20). The zero-order valence-corrected chi connectivity index (χ0v) is 12.2. The van der Waals surface area contributed by atoms with Gasteiger partial charge in [-0.1, -0.05) is 0 Å². The van der Waals surface area contributed by atoms with Crippen molar-refractivity contribution in [3.8, 4) is 0 Å². The molecule has 2 aromatic rings. The van der Waals surface area contributed by atoms with Gasteiger partial charge < -0.3 is 9.73 Å². The van der Waals surface area contributed by atoms with Crippen molar-refractivity contribution in [3.05, 3.63) is 41.6 Å². The zero-order valence-electron chi connectivity index (χ0n) is 12.2. The average Bonchev–Trinajstić information content (AvgIpc) is 3.19. The topological polar surface area (TPSA) is 63.3 Å². The second-order valence-electron chi connectivity index (χ2n) is 5.45. The molecule has 0 aromatic carbocycles. The first kappa shape index (κ1) is 13.9. The number of carbonyl (C=O) groups excluding carboxylic acids is 1. The Morgan fingerprint density at radius 3 is 2.90 bits per heavy atom. The maximum Gasteiger partial charge on any atom is 0.287 e. The molecule has 1 fully saturated rings. The van der Waals surface area contributed by atoms with Gasteiger partial charge in [0.15, 0.2) is 5.76 Å². The van der Waals surface area contributed by atoms with E-state index in [2.05, 4.69) is 15.3 Å². The first-order chi connectivity index (χ1) is 10.2. The predicted molar refractivity (Wildman–Crippen MR) is 77.6 cm³/mol. The summed E-state index contributed by atoms with van der Waals surface area (Å²) in [5.74, 6) is 1.03. The number of amides is 1. The normalized spacial score (nSPS) is 15.5. The molecule has 0 unspecified atom stereocenters. The summed E-state index contributed by atoms with van der Waals surface area (Å²) in [4.78, 5) is 14.4.